The van der Waals surface area contributed by atoms with E-state index in [4.69, 9.17) is 0 Å². The van der Waals surface area contributed by atoms with Gasteiger partial charge in [-0.05, 0) is 26.0 Å². The predicted octanol–water partition coefficient (Wildman–Crippen LogP) is 2.68. The summed E-state index contributed by atoms with van der Waals surface area (Å²) in [6.45, 7) is 4.11. The molecule has 0 aliphatic carbocycles. The molecule has 25 heavy (non-hydrogen) atoms. The van der Waals surface area contributed by atoms with Crippen molar-refractivity contribution in [1.82, 2.24) is 14.5 Å². The number of hydrogen-bond donors (Lipinski definition) is 2. The van der Waals surface area contributed by atoms with Crippen molar-refractivity contribution < 1.29 is 4.92 Å². The average Bonchev–Trinajstić information content (AvgIpc) is 2.91. The SMILES string of the molecule is CC(C)n1cc(C=Cc2[nH]c(=O)[nH]c(=O)c2[N+](=O)[O-])c2ccccc21. The Morgan fingerprint density at radius 1 is 1.16 bits per heavy atom. The first-order chi connectivity index (χ1) is 11.9. The second-order valence-corrected chi connectivity index (χ2v) is 5.86. The topological polar surface area (TPSA) is 114 Å². The number of aromatic amines is 2. The van der Waals surface area contributed by atoms with Crippen LogP contribution >= 0.6 is 0 Å². The fourth-order valence-electron chi connectivity index (χ4n) is 2.76. The quantitative estimate of drug-likeness (QED) is 0.561. The lowest BCUT2D eigenvalue weighted by Gasteiger charge is -2.08. The number of para-hydroxylation sites is 1. The third kappa shape index (κ3) is 3.01. The van der Waals surface area contributed by atoms with Crippen LogP contribution < -0.4 is 11.2 Å². The lowest BCUT2D eigenvalue weighted by Crippen LogP contribution is -2.25. The van der Waals surface area contributed by atoms with Gasteiger partial charge in [0.25, 0.3) is 0 Å². The number of nitrogens with one attached hydrogen (secondary N) is 2. The molecule has 1 aromatic carbocycles. The Morgan fingerprint density at radius 2 is 1.88 bits per heavy atom. The van der Waals surface area contributed by atoms with E-state index >= 15 is 0 Å². The van der Waals surface area contributed by atoms with Crippen LogP contribution in [0.2, 0.25) is 0 Å². The van der Waals surface area contributed by atoms with Crippen molar-refractivity contribution in [2.45, 2.75) is 19.9 Å². The van der Waals surface area contributed by atoms with Crippen LogP contribution in [0.15, 0.2) is 40.1 Å². The minimum atomic E-state index is -1.03. The van der Waals surface area contributed by atoms with Gasteiger partial charge < -0.3 is 9.55 Å². The molecule has 8 heteroatoms. The van der Waals surface area contributed by atoms with Crippen molar-refractivity contribution in [2.24, 2.45) is 0 Å². The Kier molecular flexibility index (Phi) is 4.10. The zero-order valence-corrected chi connectivity index (χ0v) is 13.6. The van der Waals surface area contributed by atoms with Gasteiger partial charge in [0.2, 0.25) is 0 Å². The van der Waals surface area contributed by atoms with E-state index in [-0.39, 0.29) is 11.7 Å². The van der Waals surface area contributed by atoms with E-state index in [0.29, 0.717) is 0 Å². The first-order valence-electron chi connectivity index (χ1n) is 7.67. The molecule has 2 N–H and O–H groups in total. The Morgan fingerprint density at radius 3 is 2.56 bits per heavy atom. The van der Waals surface area contributed by atoms with Gasteiger partial charge >= 0.3 is 16.9 Å². The van der Waals surface area contributed by atoms with Crippen LogP contribution in [-0.4, -0.2) is 19.5 Å². The van der Waals surface area contributed by atoms with Gasteiger partial charge in [0, 0.05) is 28.7 Å². The van der Waals surface area contributed by atoms with Gasteiger partial charge in [0.1, 0.15) is 5.69 Å². The minimum absolute atomic E-state index is 0.139. The number of benzene rings is 1. The first-order valence-corrected chi connectivity index (χ1v) is 7.67. The lowest BCUT2D eigenvalue weighted by atomic mass is 10.1. The molecule has 0 aliphatic rings. The summed E-state index contributed by atoms with van der Waals surface area (Å²) in [6.07, 6.45) is 4.96. The zero-order valence-electron chi connectivity index (χ0n) is 13.6. The predicted molar refractivity (Wildman–Crippen MR) is 95.6 cm³/mol. The van der Waals surface area contributed by atoms with E-state index in [1.54, 1.807) is 6.08 Å². The van der Waals surface area contributed by atoms with E-state index in [0.717, 1.165) is 16.5 Å². The molecular formula is C17H16N4O4. The maximum Gasteiger partial charge on any atom is 0.357 e. The molecule has 0 fully saturated rings. The Hall–Kier alpha value is -3.42. The molecule has 0 saturated carbocycles. The highest BCUT2D eigenvalue weighted by molar-refractivity contribution is 5.92. The molecule has 128 valence electrons. The number of hydrogen-bond acceptors (Lipinski definition) is 4. The van der Waals surface area contributed by atoms with Gasteiger partial charge in [-0.1, -0.05) is 24.3 Å². The highest BCUT2D eigenvalue weighted by atomic mass is 16.6. The number of rotatable bonds is 4. The maximum atomic E-state index is 11.7. The third-order valence-corrected chi connectivity index (χ3v) is 3.89. The van der Waals surface area contributed by atoms with Gasteiger partial charge in [-0.3, -0.25) is 19.9 Å². The van der Waals surface area contributed by atoms with Crippen LogP contribution in [0.4, 0.5) is 5.69 Å². The summed E-state index contributed by atoms with van der Waals surface area (Å²) in [5.74, 6) is 0. The van der Waals surface area contributed by atoms with Crippen LogP contribution in [0.1, 0.15) is 31.1 Å². The summed E-state index contributed by atoms with van der Waals surface area (Å²) in [4.78, 5) is 37.5. The van der Waals surface area contributed by atoms with Gasteiger partial charge in [0.05, 0.1) is 4.92 Å². The Labute approximate surface area is 141 Å². The second-order valence-electron chi connectivity index (χ2n) is 5.86. The molecule has 3 rings (SSSR count). The van der Waals surface area contributed by atoms with Crippen LogP contribution in [0.25, 0.3) is 23.1 Å². The van der Waals surface area contributed by atoms with Gasteiger partial charge in [-0.15, -0.1) is 0 Å². The molecule has 0 radical (unpaired) electrons. The van der Waals surface area contributed by atoms with Crippen molar-refractivity contribution in [2.75, 3.05) is 0 Å². The van der Waals surface area contributed by atoms with Crippen molar-refractivity contribution in [3.05, 3.63) is 72.7 Å². The molecule has 0 bridgehead atoms. The number of aromatic nitrogens is 3. The monoisotopic (exact) mass is 340 g/mol. The van der Waals surface area contributed by atoms with Crippen LogP contribution in [0, 0.1) is 10.1 Å². The summed E-state index contributed by atoms with van der Waals surface area (Å²) in [7, 11) is 0. The largest absolute Gasteiger partial charge is 0.357 e. The van der Waals surface area contributed by atoms with E-state index in [2.05, 4.69) is 23.4 Å². The summed E-state index contributed by atoms with van der Waals surface area (Å²) >= 11 is 0. The van der Waals surface area contributed by atoms with Crippen molar-refractivity contribution >= 4 is 28.7 Å². The number of H-pyrrole nitrogens is 2. The highest BCUT2D eigenvalue weighted by Crippen LogP contribution is 2.26. The van der Waals surface area contributed by atoms with Crippen molar-refractivity contribution in [3.8, 4) is 0 Å². The van der Waals surface area contributed by atoms with Gasteiger partial charge in [-0.25, -0.2) is 4.79 Å². The third-order valence-electron chi connectivity index (χ3n) is 3.89. The zero-order chi connectivity index (χ0) is 18.1. The molecule has 8 nitrogen and oxygen atoms in total. The average molecular weight is 340 g/mol. The maximum absolute atomic E-state index is 11.7. The van der Waals surface area contributed by atoms with E-state index in [1.165, 1.54) is 6.08 Å². The van der Waals surface area contributed by atoms with Crippen LogP contribution in [-0.2, 0) is 0 Å². The first kappa shape index (κ1) is 16.4. The normalized spacial score (nSPS) is 11.6. The fourth-order valence-corrected chi connectivity index (χ4v) is 2.76. The minimum Gasteiger partial charge on any atom is -0.344 e. The van der Waals surface area contributed by atoms with E-state index < -0.39 is 21.9 Å². The molecule has 2 heterocycles. The molecule has 3 aromatic rings. The second kappa shape index (κ2) is 6.23. The Balaban J connectivity index is 2.16. The van der Waals surface area contributed by atoms with E-state index in [9.17, 15) is 19.7 Å². The molecule has 0 saturated heterocycles. The summed E-state index contributed by atoms with van der Waals surface area (Å²) in [6, 6.07) is 8.02. The fraction of sp³-hybridized carbons (Fsp3) is 0.176. The molecule has 0 atom stereocenters. The van der Waals surface area contributed by atoms with Gasteiger partial charge in [-0.2, -0.15) is 0 Å². The Bertz CT molecular complexity index is 1100. The number of nitro groups is 1. The number of fused-ring (bicyclic) bond motifs is 1. The van der Waals surface area contributed by atoms with Crippen LogP contribution in [0.3, 0.4) is 0 Å². The molecule has 0 unspecified atom stereocenters. The highest BCUT2D eigenvalue weighted by Gasteiger charge is 2.19. The summed E-state index contributed by atoms with van der Waals surface area (Å²) in [5.41, 5.74) is -0.785. The summed E-state index contributed by atoms with van der Waals surface area (Å²) in [5, 5.41) is 12.1. The van der Waals surface area contributed by atoms with Crippen molar-refractivity contribution in [3.63, 3.8) is 0 Å². The lowest BCUT2D eigenvalue weighted by molar-refractivity contribution is -0.386. The smallest absolute Gasteiger partial charge is 0.344 e. The molecule has 0 amide bonds. The molecule has 2 aromatic heterocycles. The van der Waals surface area contributed by atoms with Crippen molar-refractivity contribution in [1.29, 1.82) is 0 Å². The molecule has 0 spiro atoms. The van der Waals surface area contributed by atoms with Crippen LogP contribution in [0.5, 0.6) is 0 Å². The van der Waals surface area contributed by atoms with E-state index in [1.807, 2.05) is 35.4 Å². The summed E-state index contributed by atoms with van der Waals surface area (Å²) < 4.78 is 2.09. The molecular weight excluding hydrogens is 324 g/mol. The standard InChI is InChI=1S/C17H16N4O4/c1-10(2)20-9-11(12-5-3-4-6-14(12)20)7-8-13-15(21(24)25)16(22)19-17(23)18-13/h3-10H,1-2H3,(H2,18,19,22,23). The number of nitrogens with zero attached hydrogens (tertiary/aromatic N) is 2. The molecule has 0 aliphatic heterocycles. The van der Waals surface area contributed by atoms with Gasteiger partial charge in [0.15, 0.2) is 0 Å².